The third kappa shape index (κ3) is 4.47. The number of nitrogens with zero attached hydrogens (tertiary/aromatic N) is 1. The minimum atomic E-state index is -0.183. The SMILES string of the molecule is CC(O)C1CCN(CCCOc2ccc(CN)cc2)C1. The van der Waals surface area contributed by atoms with E-state index in [4.69, 9.17) is 10.5 Å². The summed E-state index contributed by atoms with van der Waals surface area (Å²) in [7, 11) is 0. The molecule has 0 radical (unpaired) electrons. The molecule has 1 aromatic rings. The van der Waals surface area contributed by atoms with Gasteiger partial charge in [0.05, 0.1) is 12.7 Å². The van der Waals surface area contributed by atoms with Crippen molar-refractivity contribution in [3.63, 3.8) is 0 Å². The van der Waals surface area contributed by atoms with Gasteiger partial charge in [0, 0.05) is 19.6 Å². The molecular formula is C16H26N2O2. The van der Waals surface area contributed by atoms with Gasteiger partial charge in [-0.05, 0) is 49.9 Å². The summed E-state index contributed by atoms with van der Waals surface area (Å²) in [6, 6.07) is 7.95. The van der Waals surface area contributed by atoms with Crippen LogP contribution in [0.3, 0.4) is 0 Å². The Morgan fingerprint density at radius 3 is 2.75 bits per heavy atom. The first-order valence-electron chi connectivity index (χ1n) is 7.51. The Kier molecular flexibility index (Phi) is 5.83. The zero-order valence-corrected chi connectivity index (χ0v) is 12.3. The Labute approximate surface area is 121 Å². The number of rotatable bonds is 7. The van der Waals surface area contributed by atoms with E-state index >= 15 is 0 Å². The number of hydrogen-bond acceptors (Lipinski definition) is 4. The quantitative estimate of drug-likeness (QED) is 0.744. The van der Waals surface area contributed by atoms with Crippen LogP contribution in [0.25, 0.3) is 0 Å². The highest BCUT2D eigenvalue weighted by Crippen LogP contribution is 2.19. The number of aliphatic hydroxyl groups is 1. The van der Waals surface area contributed by atoms with Crippen LogP contribution in [-0.4, -0.2) is 42.4 Å². The zero-order chi connectivity index (χ0) is 14.4. The number of benzene rings is 1. The molecule has 0 spiro atoms. The summed E-state index contributed by atoms with van der Waals surface area (Å²) >= 11 is 0. The minimum absolute atomic E-state index is 0.183. The van der Waals surface area contributed by atoms with Gasteiger partial charge in [0.25, 0.3) is 0 Å². The number of hydrogen-bond donors (Lipinski definition) is 2. The van der Waals surface area contributed by atoms with Gasteiger partial charge in [-0.1, -0.05) is 12.1 Å². The molecule has 1 aromatic carbocycles. The van der Waals surface area contributed by atoms with Crippen LogP contribution in [0.15, 0.2) is 24.3 Å². The van der Waals surface area contributed by atoms with Gasteiger partial charge in [-0.3, -0.25) is 0 Å². The second-order valence-electron chi connectivity index (χ2n) is 5.64. The van der Waals surface area contributed by atoms with Crippen molar-refractivity contribution in [2.45, 2.75) is 32.4 Å². The second-order valence-corrected chi connectivity index (χ2v) is 5.64. The minimum Gasteiger partial charge on any atom is -0.494 e. The predicted octanol–water partition coefficient (Wildman–Crippen LogP) is 1.62. The van der Waals surface area contributed by atoms with Gasteiger partial charge in [-0.25, -0.2) is 0 Å². The zero-order valence-electron chi connectivity index (χ0n) is 12.3. The van der Waals surface area contributed by atoms with E-state index in [-0.39, 0.29) is 6.10 Å². The molecular weight excluding hydrogens is 252 g/mol. The van der Waals surface area contributed by atoms with Crippen molar-refractivity contribution in [1.82, 2.24) is 4.90 Å². The molecule has 1 saturated heterocycles. The fourth-order valence-electron chi connectivity index (χ4n) is 2.66. The summed E-state index contributed by atoms with van der Waals surface area (Å²) in [6.45, 7) is 6.35. The molecule has 2 atom stereocenters. The molecule has 112 valence electrons. The summed E-state index contributed by atoms with van der Waals surface area (Å²) in [5.74, 6) is 1.35. The summed E-state index contributed by atoms with van der Waals surface area (Å²) < 4.78 is 5.72. The fraction of sp³-hybridized carbons (Fsp3) is 0.625. The van der Waals surface area contributed by atoms with Gasteiger partial charge in [0.2, 0.25) is 0 Å². The van der Waals surface area contributed by atoms with Crippen LogP contribution >= 0.6 is 0 Å². The summed E-state index contributed by atoms with van der Waals surface area (Å²) in [5, 5.41) is 9.57. The number of aliphatic hydroxyl groups excluding tert-OH is 1. The van der Waals surface area contributed by atoms with Crippen LogP contribution in [0.2, 0.25) is 0 Å². The normalized spacial score (nSPS) is 21.1. The van der Waals surface area contributed by atoms with Crippen LogP contribution < -0.4 is 10.5 Å². The van der Waals surface area contributed by atoms with Gasteiger partial charge in [0.15, 0.2) is 0 Å². The van der Waals surface area contributed by atoms with Crippen molar-refractivity contribution in [2.75, 3.05) is 26.2 Å². The maximum absolute atomic E-state index is 9.57. The first-order valence-corrected chi connectivity index (χ1v) is 7.51. The highest BCUT2D eigenvalue weighted by Gasteiger charge is 2.25. The van der Waals surface area contributed by atoms with Crippen LogP contribution in [0.1, 0.15) is 25.3 Å². The molecule has 2 unspecified atom stereocenters. The lowest BCUT2D eigenvalue weighted by atomic mass is 10.0. The van der Waals surface area contributed by atoms with E-state index in [0.29, 0.717) is 12.5 Å². The lowest BCUT2D eigenvalue weighted by Gasteiger charge is -2.17. The molecule has 0 bridgehead atoms. The van der Waals surface area contributed by atoms with Crippen LogP contribution in [0.4, 0.5) is 0 Å². The van der Waals surface area contributed by atoms with E-state index in [1.54, 1.807) is 0 Å². The van der Waals surface area contributed by atoms with E-state index in [2.05, 4.69) is 4.90 Å². The first kappa shape index (κ1) is 15.3. The average molecular weight is 278 g/mol. The Bertz CT molecular complexity index is 392. The van der Waals surface area contributed by atoms with Crippen LogP contribution in [0, 0.1) is 5.92 Å². The molecule has 20 heavy (non-hydrogen) atoms. The lowest BCUT2D eigenvalue weighted by Crippen LogP contribution is -2.26. The van der Waals surface area contributed by atoms with E-state index < -0.39 is 0 Å². The van der Waals surface area contributed by atoms with E-state index in [1.807, 2.05) is 31.2 Å². The highest BCUT2D eigenvalue weighted by molar-refractivity contribution is 5.26. The molecule has 1 aliphatic rings. The topological polar surface area (TPSA) is 58.7 Å². The van der Waals surface area contributed by atoms with Crippen LogP contribution in [0.5, 0.6) is 5.75 Å². The van der Waals surface area contributed by atoms with Gasteiger partial charge in [-0.2, -0.15) is 0 Å². The van der Waals surface area contributed by atoms with Gasteiger partial charge >= 0.3 is 0 Å². The standard InChI is InChI=1S/C16H26N2O2/c1-13(19)15-7-9-18(12-15)8-2-10-20-16-5-3-14(11-17)4-6-16/h3-6,13,15,19H,2,7-12,17H2,1H3. The van der Waals surface area contributed by atoms with E-state index in [1.165, 1.54) is 0 Å². The molecule has 1 aliphatic heterocycles. The number of likely N-dealkylation sites (tertiary alicyclic amines) is 1. The number of ether oxygens (including phenoxy) is 1. The first-order chi connectivity index (χ1) is 9.69. The van der Waals surface area contributed by atoms with Crippen molar-refractivity contribution in [1.29, 1.82) is 0 Å². The third-order valence-electron chi connectivity index (χ3n) is 4.04. The Morgan fingerprint density at radius 2 is 2.15 bits per heavy atom. The molecule has 0 saturated carbocycles. The van der Waals surface area contributed by atoms with Gasteiger partial charge in [0.1, 0.15) is 5.75 Å². The number of nitrogens with two attached hydrogens (primary N) is 1. The molecule has 1 heterocycles. The molecule has 0 aliphatic carbocycles. The summed E-state index contributed by atoms with van der Waals surface area (Å²) in [6.07, 6.45) is 1.95. The fourth-order valence-corrected chi connectivity index (χ4v) is 2.66. The predicted molar refractivity (Wildman–Crippen MR) is 80.7 cm³/mol. The van der Waals surface area contributed by atoms with Crippen molar-refractivity contribution < 1.29 is 9.84 Å². The molecule has 4 nitrogen and oxygen atoms in total. The van der Waals surface area contributed by atoms with Gasteiger partial charge in [-0.15, -0.1) is 0 Å². The van der Waals surface area contributed by atoms with E-state index in [0.717, 1.165) is 50.4 Å². The molecule has 2 rings (SSSR count). The molecule has 0 aromatic heterocycles. The maximum atomic E-state index is 9.57. The summed E-state index contributed by atoms with van der Waals surface area (Å²) in [4.78, 5) is 2.41. The van der Waals surface area contributed by atoms with Crippen molar-refractivity contribution in [2.24, 2.45) is 11.7 Å². The smallest absolute Gasteiger partial charge is 0.119 e. The molecule has 1 fully saturated rings. The second kappa shape index (κ2) is 7.62. The monoisotopic (exact) mass is 278 g/mol. The van der Waals surface area contributed by atoms with Crippen molar-refractivity contribution in [3.05, 3.63) is 29.8 Å². The molecule has 0 amide bonds. The van der Waals surface area contributed by atoms with Crippen LogP contribution in [-0.2, 0) is 6.54 Å². The third-order valence-corrected chi connectivity index (χ3v) is 4.04. The van der Waals surface area contributed by atoms with Crippen molar-refractivity contribution in [3.8, 4) is 5.75 Å². The average Bonchev–Trinajstić information content (AvgIpc) is 2.93. The lowest BCUT2D eigenvalue weighted by molar-refractivity contribution is 0.127. The Morgan fingerprint density at radius 1 is 1.40 bits per heavy atom. The van der Waals surface area contributed by atoms with E-state index in [9.17, 15) is 5.11 Å². The molecule has 3 N–H and O–H groups in total. The largest absolute Gasteiger partial charge is 0.494 e. The van der Waals surface area contributed by atoms with Gasteiger partial charge < -0.3 is 20.5 Å². The summed E-state index contributed by atoms with van der Waals surface area (Å²) in [5.41, 5.74) is 6.68. The maximum Gasteiger partial charge on any atom is 0.119 e. The highest BCUT2D eigenvalue weighted by atomic mass is 16.5. The Balaban J connectivity index is 1.62. The molecule has 4 heteroatoms. The van der Waals surface area contributed by atoms with Crippen molar-refractivity contribution >= 4 is 0 Å². The Hall–Kier alpha value is -1.10.